The lowest BCUT2D eigenvalue weighted by Gasteiger charge is -2.06. The first kappa shape index (κ1) is 11.5. The Morgan fingerprint density at radius 3 is 2.70 bits per heavy atom. The first-order valence-electron chi connectivity index (χ1n) is 6.93. The first-order valence-corrected chi connectivity index (χ1v) is 6.93. The van der Waals surface area contributed by atoms with Gasteiger partial charge in [0.1, 0.15) is 0 Å². The van der Waals surface area contributed by atoms with Crippen molar-refractivity contribution in [1.29, 1.82) is 0 Å². The molecule has 2 aromatic carbocycles. The molecule has 1 atom stereocenters. The predicted octanol–water partition coefficient (Wildman–Crippen LogP) is 2.12. The van der Waals surface area contributed by atoms with Crippen LogP contribution in [-0.4, -0.2) is 17.9 Å². The van der Waals surface area contributed by atoms with Crippen LogP contribution in [0.4, 0.5) is 0 Å². The molecule has 4 heteroatoms. The Morgan fingerprint density at radius 2 is 1.90 bits per heavy atom. The molecule has 20 heavy (non-hydrogen) atoms. The Balaban J connectivity index is 1.67. The summed E-state index contributed by atoms with van der Waals surface area (Å²) in [6.45, 7) is 0. The molecular weight excluding hydrogens is 250 g/mol. The number of rotatable bonds is 2. The van der Waals surface area contributed by atoms with Gasteiger partial charge in [0.25, 0.3) is 5.91 Å². The largest absolute Gasteiger partial charge is 0.353 e. The minimum Gasteiger partial charge on any atom is -0.353 e. The van der Waals surface area contributed by atoms with Crippen molar-refractivity contribution in [2.45, 2.75) is 24.9 Å². The monoisotopic (exact) mass is 265 g/mol. The number of hydrogen-bond donors (Lipinski definition) is 2. The van der Waals surface area contributed by atoms with Crippen LogP contribution in [0.3, 0.4) is 0 Å². The van der Waals surface area contributed by atoms with Crippen LogP contribution < -0.4 is 10.6 Å². The van der Waals surface area contributed by atoms with Crippen molar-refractivity contribution >= 4 is 22.6 Å². The Kier molecular flexibility index (Phi) is 2.49. The highest BCUT2D eigenvalue weighted by atomic mass is 16.2. The molecule has 1 unspecified atom stereocenters. The van der Waals surface area contributed by atoms with Crippen LogP contribution in [-0.2, 0) is 4.79 Å². The van der Waals surface area contributed by atoms with Crippen LogP contribution in [0.25, 0.3) is 10.8 Å². The molecule has 100 valence electrons. The highest BCUT2D eigenvalue weighted by molar-refractivity contribution is 6.05. The molecule has 2 aliphatic rings. The average Bonchev–Trinajstić information content (AvgIpc) is 3.20. The van der Waals surface area contributed by atoms with Gasteiger partial charge in [0, 0.05) is 6.04 Å². The van der Waals surface area contributed by atoms with Crippen LogP contribution in [0.5, 0.6) is 0 Å². The van der Waals surface area contributed by atoms with E-state index in [4.69, 9.17) is 0 Å². The molecule has 2 aromatic rings. The molecule has 4 nitrogen and oxygen atoms in total. The number of nitrogens with zero attached hydrogens (tertiary/aromatic N) is 1. The second kappa shape index (κ2) is 4.34. The number of fused-ring (bicyclic) bond motifs is 1. The van der Waals surface area contributed by atoms with Crippen LogP contribution >= 0.6 is 0 Å². The van der Waals surface area contributed by atoms with Crippen molar-refractivity contribution in [3.63, 3.8) is 0 Å². The molecule has 1 aliphatic carbocycles. The number of carbonyl (C=O) groups excluding carboxylic acids is 1. The van der Waals surface area contributed by atoms with Gasteiger partial charge in [0.05, 0.1) is 0 Å². The van der Waals surface area contributed by atoms with Gasteiger partial charge in [0.15, 0.2) is 12.0 Å². The Hall–Kier alpha value is -2.36. The smallest absolute Gasteiger partial charge is 0.256 e. The van der Waals surface area contributed by atoms with Gasteiger partial charge in [-0.15, -0.1) is 0 Å². The Bertz CT molecular complexity index is 718. The quantitative estimate of drug-likeness (QED) is 0.874. The fourth-order valence-corrected chi connectivity index (χ4v) is 2.50. The predicted molar refractivity (Wildman–Crippen MR) is 78.4 cm³/mol. The summed E-state index contributed by atoms with van der Waals surface area (Å²) in [6.07, 6.45) is 2.32. The maximum Gasteiger partial charge on any atom is 0.256 e. The standard InChI is InChI=1S/C16H15N3O/c20-15-14(18-16(19-15)17-13-7-8-13)12-6-5-10-3-1-2-4-11(10)9-12/h1-6,9,13-14H,7-8H2,(H2,17,18,19,20). The summed E-state index contributed by atoms with van der Waals surface area (Å²) in [4.78, 5) is 16.5. The average molecular weight is 265 g/mol. The van der Waals surface area contributed by atoms with E-state index in [1.807, 2.05) is 30.3 Å². The lowest BCUT2D eigenvalue weighted by Crippen LogP contribution is -2.37. The van der Waals surface area contributed by atoms with E-state index in [1.54, 1.807) is 0 Å². The van der Waals surface area contributed by atoms with E-state index >= 15 is 0 Å². The fourth-order valence-electron chi connectivity index (χ4n) is 2.50. The van der Waals surface area contributed by atoms with E-state index in [9.17, 15) is 4.79 Å². The molecule has 1 amide bonds. The normalized spacial score (nSPS) is 21.7. The lowest BCUT2D eigenvalue weighted by atomic mass is 10.0. The van der Waals surface area contributed by atoms with E-state index in [-0.39, 0.29) is 5.91 Å². The summed E-state index contributed by atoms with van der Waals surface area (Å²) in [5.41, 5.74) is 0.939. The van der Waals surface area contributed by atoms with Gasteiger partial charge in [-0.2, -0.15) is 0 Å². The van der Waals surface area contributed by atoms with Gasteiger partial charge in [0.2, 0.25) is 0 Å². The van der Waals surface area contributed by atoms with Crippen LogP contribution in [0.15, 0.2) is 47.5 Å². The maximum absolute atomic E-state index is 12.1. The molecule has 0 spiro atoms. The minimum atomic E-state index is -0.430. The summed E-state index contributed by atoms with van der Waals surface area (Å²) in [5, 5.41) is 8.37. The molecule has 0 saturated heterocycles. The molecule has 0 aromatic heterocycles. The van der Waals surface area contributed by atoms with Crippen molar-refractivity contribution in [2.24, 2.45) is 4.99 Å². The van der Waals surface area contributed by atoms with Gasteiger partial charge < -0.3 is 5.32 Å². The second-order valence-corrected chi connectivity index (χ2v) is 5.39. The number of guanidine groups is 1. The number of hydrogen-bond acceptors (Lipinski definition) is 3. The second-order valence-electron chi connectivity index (χ2n) is 5.39. The molecule has 1 aliphatic heterocycles. The van der Waals surface area contributed by atoms with Crippen LogP contribution in [0.2, 0.25) is 0 Å². The molecule has 1 saturated carbocycles. The number of aliphatic imine (C=N–C) groups is 1. The maximum atomic E-state index is 12.1. The number of amides is 1. The number of nitrogens with one attached hydrogen (secondary N) is 2. The highest BCUT2D eigenvalue weighted by Gasteiger charge is 2.31. The zero-order valence-electron chi connectivity index (χ0n) is 11.0. The van der Waals surface area contributed by atoms with E-state index in [2.05, 4.69) is 27.8 Å². The van der Waals surface area contributed by atoms with Crippen molar-refractivity contribution in [2.75, 3.05) is 0 Å². The zero-order valence-corrected chi connectivity index (χ0v) is 11.0. The molecule has 4 rings (SSSR count). The van der Waals surface area contributed by atoms with Crippen molar-refractivity contribution in [3.05, 3.63) is 48.0 Å². The summed E-state index contributed by atoms with van der Waals surface area (Å²) in [6, 6.07) is 14.3. The third-order valence-corrected chi connectivity index (χ3v) is 3.76. The van der Waals surface area contributed by atoms with Gasteiger partial charge in [-0.3, -0.25) is 10.1 Å². The van der Waals surface area contributed by atoms with Crippen molar-refractivity contribution in [3.8, 4) is 0 Å². The molecular formula is C16H15N3O. The summed E-state index contributed by atoms with van der Waals surface area (Å²) < 4.78 is 0. The first-order chi connectivity index (χ1) is 9.79. The van der Waals surface area contributed by atoms with Crippen LogP contribution in [0.1, 0.15) is 24.4 Å². The lowest BCUT2D eigenvalue weighted by molar-refractivity contribution is -0.120. The molecule has 0 bridgehead atoms. The van der Waals surface area contributed by atoms with Crippen LogP contribution in [0, 0.1) is 0 Å². The summed E-state index contributed by atoms with van der Waals surface area (Å²) in [7, 11) is 0. The third kappa shape index (κ3) is 2.03. The van der Waals surface area contributed by atoms with E-state index < -0.39 is 6.04 Å². The SMILES string of the molecule is O=C1NC(NC2CC2)=NC1c1ccc2ccccc2c1. The number of benzene rings is 2. The summed E-state index contributed by atoms with van der Waals surface area (Å²) >= 11 is 0. The Morgan fingerprint density at radius 1 is 1.10 bits per heavy atom. The topological polar surface area (TPSA) is 53.5 Å². The van der Waals surface area contributed by atoms with Gasteiger partial charge in [-0.05, 0) is 35.2 Å². The van der Waals surface area contributed by atoms with Crippen molar-refractivity contribution < 1.29 is 4.79 Å². The molecule has 1 fully saturated rings. The molecule has 1 heterocycles. The summed E-state index contributed by atoms with van der Waals surface area (Å²) in [5.74, 6) is 0.569. The van der Waals surface area contributed by atoms with E-state index in [0.717, 1.165) is 23.8 Å². The fraction of sp³-hybridized carbons (Fsp3) is 0.250. The van der Waals surface area contributed by atoms with Gasteiger partial charge in [-0.25, -0.2) is 4.99 Å². The van der Waals surface area contributed by atoms with E-state index in [0.29, 0.717) is 12.0 Å². The molecule has 2 N–H and O–H groups in total. The highest BCUT2D eigenvalue weighted by Crippen LogP contribution is 2.26. The third-order valence-electron chi connectivity index (χ3n) is 3.76. The molecule has 0 radical (unpaired) electrons. The Labute approximate surface area is 116 Å². The number of carbonyl (C=O) groups is 1. The van der Waals surface area contributed by atoms with Gasteiger partial charge in [-0.1, -0.05) is 36.4 Å². The van der Waals surface area contributed by atoms with Gasteiger partial charge >= 0.3 is 0 Å². The zero-order chi connectivity index (χ0) is 13.5. The van der Waals surface area contributed by atoms with E-state index in [1.165, 1.54) is 5.39 Å². The van der Waals surface area contributed by atoms with Crippen molar-refractivity contribution in [1.82, 2.24) is 10.6 Å². The minimum absolute atomic E-state index is 0.0524.